The van der Waals surface area contributed by atoms with Crippen molar-refractivity contribution in [2.24, 2.45) is 4.36 Å². The van der Waals surface area contributed by atoms with Crippen LogP contribution in [-0.4, -0.2) is 20.9 Å². The molecule has 0 radical (unpaired) electrons. The van der Waals surface area contributed by atoms with Crippen molar-refractivity contribution in [1.82, 2.24) is 0 Å². The molecule has 152 valence electrons. The quantitative estimate of drug-likeness (QED) is 0.412. The number of halogens is 2. The van der Waals surface area contributed by atoms with Gasteiger partial charge in [0, 0.05) is 14.7 Å². The second kappa shape index (κ2) is 9.26. The van der Waals surface area contributed by atoms with Gasteiger partial charge in [-0.25, -0.2) is 0 Å². The summed E-state index contributed by atoms with van der Waals surface area (Å²) in [7, 11) is -2.80. The number of rotatable bonds is 6. The maximum Gasteiger partial charge on any atom is 0.319 e. The maximum absolute atomic E-state index is 12.3. The van der Waals surface area contributed by atoms with Gasteiger partial charge in [-0.3, -0.25) is 4.79 Å². The number of hydrogen-bond acceptors (Lipinski definition) is 5. The zero-order valence-corrected chi connectivity index (χ0v) is 18.8. The van der Waals surface area contributed by atoms with Crippen molar-refractivity contribution in [2.45, 2.75) is 26.7 Å². The van der Waals surface area contributed by atoms with Gasteiger partial charge in [0.2, 0.25) is 0 Å². The van der Waals surface area contributed by atoms with Crippen LogP contribution in [0.3, 0.4) is 0 Å². The Bertz CT molecular complexity index is 1200. The maximum atomic E-state index is 12.3. The average molecular weight is 470 g/mol. The predicted octanol–water partition coefficient (Wildman–Crippen LogP) is 6.04. The number of fused-ring (bicyclic) bond motifs is 1. The molecule has 3 rings (SSSR count). The highest BCUT2D eigenvalue weighted by molar-refractivity contribution is 7.62. The lowest BCUT2D eigenvalue weighted by Crippen LogP contribution is -2.02. The van der Waals surface area contributed by atoms with Crippen LogP contribution in [0.2, 0.25) is 10.0 Å². The fraction of sp³-hybridized carbons (Fsp3) is 0.250. The summed E-state index contributed by atoms with van der Waals surface area (Å²) in [5, 5.41) is 2.14. The molecule has 1 heterocycles. The Balaban J connectivity index is 1.80. The molecule has 0 saturated heterocycles. The van der Waals surface area contributed by atoms with E-state index in [4.69, 9.17) is 27.9 Å². The summed E-state index contributed by atoms with van der Waals surface area (Å²) in [6, 6.07) is 9.10. The van der Waals surface area contributed by atoms with E-state index >= 15 is 0 Å². The van der Waals surface area contributed by atoms with Crippen molar-refractivity contribution in [2.75, 3.05) is 6.61 Å². The molecule has 0 aliphatic rings. The molecule has 2 aromatic carbocycles. The van der Waals surface area contributed by atoms with Crippen molar-refractivity contribution in [1.29, 1.82) is 0 Å². The summed E-state index contributed by atoms with van der Waals surface area (Å²) in [5.41, 5.74) is 2.65. The normalized spacial score (nSPS) is 10.9. The van der Waals surface area contributed by atoms with Crippen molar-refractivity contribution in [3.05, 3.63) is 61.9 Å². The van der Waals surface area contributed by atoms with E-state index in [1.54, 1.807) is 12.1 Å². The summed E-state index contributed by atoms with van der Waals surface area (Å²) in [4.78, 5) is 12.6. The first-order valence-electron chi connectivity index (χ1n) is 8.72. The van der Waals surface area contributed by atoms with Crippen molar-refractivity contribution in [3.63, 3.8) is 0 Å². The molecule has 9 heteroatoms. The minimum atomic E-state index is -2.80. The summed E-state index contributed by atoms with van der Waals surface area (Å²) in [6.07, 6.45) is 1.17. The predicted molar refractivity (Wildman–Crippen MR) is 117 cm³/mol. The molecule has 0 saturated carbocycles. The highest BCUT2D eigenvalue weighted by Crippen LogP contribution is 2.35. The third-order valence-corrected chi connectivity index (χ3v) is 6.69. The second-order valence-corrected chi connectivity index (χ2v) is 8.97. The van der Waals surface area contributed by atoms with Gasteiger partial charge in [-0.1, -0.05) is 33.6 Å². The van der Waals surface area contributed by atoms with Crippen LogP contribution < -0.4 is 4.74 Å². The molecular formula is C20H17Cl2NO4S2. The molecule has 0 N–H and O–H groups in total. The lowest BCUT2D eigenvalue weighted by atomic mass is 10.1. The molecule has 1 aromatic heterocycles. The molecule has 3 aromatic rings. The number of aryl methyl sites for hydroxylation is 3. The minimum Gasteiger partial charge on any atom is -0.494 e. The number of nitrogens with zero attached hydrogens (tertiary/aromatic N) is 1. The largest absolute Gasteiger partial charge is 0.494 e. The van der Waals surface area contributed by atoms with Crippen LogP contribution in [0, 0.1) is 13.8 Å². The first-order valence-corrected chi connectivity index (χ1v) is 11.3. The number of benzene rings is 2. The van der Waals surface area contributed by atoms with E-state index in [-0.39, 0.29) is 0 Å². The van der Waals surface area contributed by atoms with Crippen LogP contribution in [0.1, 0.15) is 32.8 Å². The van der Waals surface area contributed by atoms with E-state index in [0.29, 0.717) is 29.3 Å². The molecule has 0 unspecified atom stereocenters. The second-order valence-electron chi connectivity index (χ2n) is 6.49. The highest BCUT2D eigenvalue weighted by Gasteiger charge is 2.18. The fourth-order valence-corrected chi connectivity index (χ4v) is 4.89. The molecule has 0 aliphatic carbocycles. The average Bonchev–Trinajstić information content (AvgIpc) is 3.00. The standard InChI is InChI=1S/C20H17Cl2NO4S2/c1-11-8-14(9-12(2)18(11)22)27-7-3-4-16-15-6-5-13(21)10-17(15)28-19(16)20(24)23-29(25)26/h5-6,8-10H,3-4,7H2,1-2H3. The Kier molecular flexibility index (Phi) is 6.95. The van der Waals surface area contributed by atoms with Gasteiger partial charge in [-0.15, -0.1) is 11.3 Å². The molecule has 0 bridgehead atoms. The first kappa shape index (κ1) is 21.8. The first-order chi connectivity index (χ1) is 13.8. The van der Waals surface area contributed by atoms with Gasteiger partial charge in [-0.05, 0) is 73.0 Å². The van der Waals surface area contributed by atoms with Gasteiger partial charge in [0.25, 0.3) is 0 Å². The molecule has 5 nitrogen and oxygen atoms in total. The smallest absolute Gasteiger partial charge is 0.319 e. The molecule has 1 amide bonds. The lowest BCUT2D eigenvalue weighted by Gasteiger charge is -2.10. The summed E-state index contributed by atoms with van der Waals surface area (Å²) in [5.74, 6) is -0.0325. The monoisotopic (exact) mass is 469 g/mol. The third kappa shape index (κ3) is 5.17. The number of amides is 1. The third-order valence-electron chi connectivity index (χ3n) is 4.36. The van der Waals surface area contributed by atoms with Gasteiger partial charge < -0.3 is 4.74 Å². The van der Waals surface area contributed by atoms with Gasteiger partial charge in [0.05, 0.1) is 11.5 Å². The SMILES string of the molecule is Cc1cc(OCCCc2c(C(=O)N=S(=O)=O)sc3cc(Cl)ccc23)cc(C)c1Cl. The molecular weight excluding hydrogens is 453 g/mol. The van der Waals surface area contributed by atoms with E-state index in [1.807, 2.05) is 32.0 Å². The van der Waals surface area contributed by atoms with Crippen LogP contribution in [0.4, 0.5) is 0 Å². The van der Waals surface area contributed by atoms with E-state index in [1.165, 1.54) is 11.3 Å². The summed E-state index contributed by atoms with van der Waals surface area (Å²) < 4.78 is 31.4. The fourth-order valence-electron chi connectivity index (χ4n) is 3.08. The molecule has 29 heavy (non-hydrogen) atoms. The Morgan fingerprint density at radius 2 is 1.83 bits per heavy atom. The highest BCUT2D eigenvalue weighted by atomic mass is 35.5. The molecule has 0 fully saturated rings. The Morgan fingerprint density at radius 3 is 2.48 bits per heavy atom. The Hall–Kier alpha value is -1.93. The van der Waals surface area contributed by atoms with Crippen LogP contribution in [0.15, 0.2) is 34.7 Å². The van der Waals surface area contributed by atoms with Gasteiger partial charge in [0.1, 0.15) is 5.75 Å². The van der Waals surface area contributed by atoms with Crippen LogP contribution in [0.5, 0.6) is 5.75 Å². The van der Waals surface area contributed by atoms with E-state index < -0.39 is 16.4 Å². The number of thiophene rings is 1. The van der Waals surface area contributed by atoms with Crippen LogP contribution in [0.25, 0.3) is 10.1 Å². The van der Waals surface area contributed by atoms with Gasteiger partial charge in [0.15, 0.2) is 0 Å². The van der Waals surface area contributed by atoms with Crippen molar-refractivity contribution < 1.29 is 17.9 Å². The number of hydrogen-bond donors (Lipinski definition) is 0. The summed E-state index contributed by atoms with van der Waals surface area (Å²) >= 11 is 13.4. The topological polar surface area (TPSA) is 72.8 Å². The van der Waals surface area contributed by atoms with Crippen LogP contribution >= 0.6 is 34.5 Å². The van der Waals surface area contributed by atoms with Crippen molar-refractivity contribution >= 4 is 61.0 Å². The minimum absolute atomic E-state index is 0.310. The summed E-state index contributed by atoms with van der Waals surface area (Å²) in [6.45, 7) is 4.28. The Morgan fingerprint density at radius 1 is 1.14 bits per heavy atom. The van der Waals surface area contributed by atoms with Gasteiger partial charge >= 0.3 is 16.4 Å². The molecule has 0 spiro atoms. The molecule has 0 aliphatic heterocycles. The number of carbonyl (C=O) groups excluding carboxylic acids is 1. The van der Waals surface area contributed by atoms with E-state index in [9.17, 15) is 13.2 Å². The molecule has 0 atom stereocenters. The van der Waals surface area contributed by atoms with E-state index in [2.05, 4.69) is 4.36 Å². The van der Waals surface area contributed by atoms with E-state index in [0.717, 1.165) is 37.5 Å². The number of carbonyl (C=O) groups is 1. The number of ether oxygens (including phenoxy) is 1. The van der Waals surface area contributed by atoms with Gasteiger partial charge in [-0.2, -0.15) is 8.42 Å². The zero-order valence-electron chi connectivity index (χ0n) is 15.7. The lowest BCUT2D eigenvalue weighted by molar-refractivity contribution is 0.101. The zero-order chi connectivity index (χ0) is 21.1. The van der Waals surface area contributed by atoms with Crippen LogP contribution in [-0.2, 0) is 16.9 Å². The Labute approximate surface area is 183 Å². The van der Waals surface area contributed by atoms with Crippen molar-refractivity contribution in [3.8, 4) is 5.75 Å².